The number of anilines is 1. The van der Waals surface area contributed by atoms with E-state index in [0.29, 0.717) is 5.69 Å². The van der Waals surface area contributed by atoms with E-state index in [2.05, 4.69) is 5.32 Å². The highest BCUT2D eigenvalue weighted by Crippen LogP contribution is 2.36. The Kier molecular flexibility index (Phi) is 4.19. The number of nitriles is 1. The molecule has 1 saturated carbocycles. The Morgan fingerprint density at radius 3 is 2.29 bits per heavy atom. The lowest BCUT2D eigenvalue weighted by Crippen LogP contribution is -2.14. The summed E-state index contributed by atoms with van der Waals surface area (Å²) < 4.78 is 37.3. The fourth-order valence-corrected chi connectivity index (χ4v) is 1.99. The van der Waals surface area contributed by atoms with Crippen LogP contribution in [0.4, 0.5) is 18.9 Å². The SMILES string of the molecule is N#CC(C(=S)Nc1ccc(C(F)(F)F)cc1)=C(O)C1CC1. The Bertz CT molecular complexity index is 625. The summed E-state index contributed by atoms with van der Waals surface area (Å²) in [6, 6.07) is 6.10. The molecule has 0 bridgehead atoms. The van der Waals surface area contributed by atoms with Gasteiger partial charge in [-0.3, -0.25) is 0 Å². The first-order valence-corrected chi connectivity index (χ1v) is 6.55. The molecule has 1 aliphatic rings. The minimum atomic E-state index is -4.40. The maximum Gasteiger partial charge on any atom is 0.416 e. The van der Waals surface area contributed by atoms with Gasteiger partial charge in [-0.25, -0.2) is 0 Å². The third-order valence-electron chi connectivity index (χ3n) is 3.03. The van der Waals surface area contributed by atoms with Gasteiger partial charge >= 0.3 is 6.18 Å². The summed E-state index contributed by atoms with van der Waals surface area (Å²) in [5, 5.41) is 21.5. The molecule has 0 radical (unpaired) electrons. The topological polar surface area (TPSA) is 56.0 Å². The highest BCUT2D eigenvalue weighted by molar-refractivity contribution is 7.81. The second kappa shape index (κ2) is 5.74. The quantitative estimate of drug-likeness (QED) is 0.380. The first kappa shape index (κ1) is 15.3. The molecule has 2 rings (SSSR count). The standard InChI is InChI=1S/C14H11F3N2OS/c15-14(16,17)9-3-5-10(6-4-9)19-13(21)11(7-18)12(20)8-1-2-8/h3-6,8,20H,1-2H2,(H,19,21). The van der Waals surface area contributed by atoms with Crippen molar-refractivity contribution >= 4 is 22.9 Å². The molecule has 1 fully saturated rings. The van der Waals surface area contributed by atoms with E-state index < -0.39 is 11.7 Å². The molecule has 0 aromatic heterocycles. The monoisotopic (exact) mass is 312 g/mol. The van der Waals surface area contributed by atoms with Gasteiger partial charge in [0.05, 0.1) is 5.56 Å². The second-order valence-electron chi connectivity index (χ2n) is 4.68. The first-order chi connectivity index (χ1) is 9.82. The lowest BCUT2D eigenvalue weighted by molar-refractivity contribution is -0.137. The average Bonchev–Trinajstić information content (AvgIpc) is 3.23. The number of allylic oxidation sites excluding steroid dienone is 1. The third-order valence-corrected chi connectivity index (χ3v) is 3.34. The van der Waals surface area contributed by atoms with Crippen molar-refractivity contribution in [3.8, 4) is 6.07 Å². The molecular formula is C14H11F3N2OS. The van der Waals surface area contributed by atoms with Crippen LogP contribution in [0.2, 0.25) is 0 Å². The van der Waals surface area contributed by atoms with E-state index in [9.17, 15) is 18.3 Å². The highest BCUT2D eigenvalue weighted by Gasteiger charge is 2.31. The molecule has 21 heavy (non-hydrogen) atoms. The number of aliphatic hydroxyl groups excluding tert-OH is 1. The van der Waals surface area contributed by atoms with Gasteiger partial charge in [0, 0.05) is 11.6 Å². The maximum absolute atomic E-state index is 12.4. The van der Waals surface area contributed by atoms with E-state index in [0.717, 1.165) is 25.0 Å². The lowest BCUT2D eigenvalue weighted by atomic mass is 10.1. The number of thiocarbonyl (C=S) groups is 1. The van der Waals surface area contributed by atoms with Gasteiger partial charge in [0.1, 0.15) is 22.4 Å². The number of rotatable bonds is 3. The number of hydrogen-bond acceptors (Lipinski definition) is 3. The van der Waals surface area contributed by atoms with Crippen molar-refractivity contribution in [2.45, 2.75) is 19.0 Å². The fourth-order valence-electron chi connectivity index (χ4n) is 1.72. The number of halogens is 3. The van der Waals surface area contributed by atoms with Crippen LogP contribution in [0.25, 0.3) is 0 Å². The number of benzene rings is 1. The Morgan fingerprint density at radius 1 is 1.29 bits per heavy atom. The molecule has 0 amide bonds. The van der Waals surface area contributed by atoms with Gasteiger partial charge in [-0.05, 0) is 37.1 Å². The summed E-state index contributed by atoms with van der Waals surface area (Å²) in [6.07, 6.45) is -2.79. The van der Waals surface area contributed by atoms with Crippen molar-refractivity contribution < 1.29 is 18.3 Å². The summed E-state index contributed by atoms with van der Waals surface area (Å²) in [5.41, 5.74) is -0.479. The zero-order valence-electron chi connectivity index (χ0n) is 10.7. The van der Waals surface area contributed by atoms with Gasteiger partial charge in [-0.1, -0.05) is 12.2 Å². The van der Waals surface area contributed by atoms with Crippen molar-refractivity contribution in [3.05, 3.63) is 41.2 Å². The second-order valence-corrected chi connectivity index (χ2v) is 5.08. The van der Waals surface area contributed by atoms with E-state index >= 15 is 0 Å². The zero-order chi connectivity index (χ0) is 15.6. The molecule has 0 spiro atoms. The molecule has 1 aromatic carbocycles. The molecule has 1 aromatic rings. The van der Waals surface area contributed by atoms with Crippen LogP contribution < -0.4 is 5.32 Å². The Balaban J connectivity index is 2.13. The van der Waals surface area contributed by atoms with Crippen LogP contribution >= 0.6 is 12.2 Å². The van der Waals surface area contributed by atoms with Gasteiger partial charge in [-0.2, -0.15) is 18.4 Å². The van der Waals surface area contributed by atoms with Gasteiger partial charge in [-0.15, -0.1) is 0 Å². The Labute approximate surface area is 124 Å². The minimum Gasteiger partial charge on any atom is -0.511 e. The molecule has 3 nitrogen and oxygen atoms in total. The van der Waals surface area contributed by atoms with Crippen LogP contribution in [-0.2, 0) is 6.18 Å². The van der Waals surface area contributed by atoms with Gasteiger partial charge in [0.2, 0.25) is 0 Å². The van der Waals surface area contributed by atoms with Crippen LogP contribution in [0, 0.1) is 17.2 Å². The van der Waals surface area contributed by atoms with E-state index in [1.54, 1.807) is 0 Å². The van der Waals surface area contributed by atoms with E-state index in [4.69, 9.17) is 17.5 Å². The van der Waals surface area contributed by atoms with Crippen LogP contribution in [-0.4, -0.2) is 10.1 Å². The Hall–Kier alpha value is -2.07. The number of nitrogens with one attached hydrogen (secondary N) is 1. The average molecular weight is 312 g/mol. The smallest absolute Gasteiger partial charge is 0.416 e. The van der Waals surface area contributed by atoms with Gasteiger partial charge < -0.3 is 10.4 Å². The van der Waals surface area contributed by atoms with Crippen molar-refractivity contribution in [1.29, 1.82) is 5.26 Å². The van der Waals surface area contributed by atoms with Crippen LogP contribution in [0.1, 0.15) is 18.4 Å². The predicted molar refractivity (Wildman–Crippen MR) is 75.7 cm³/mol. The molecule has 0 unspecified atom stereocenters. The van der Waals surface area contributed by atoms with Crippen molar-refractivity contribution in [2.24, 2.45) is 5.92 Å². The molecule has 0 saturated heterocycles. The summed E-state index contributed by atoms with van der Waals surface area (Å²) in [5.74, 6) is -0.0890. The van der Waals surface area contributed by atoms with Crippen LogP contribution in [0.5, 0.6) is 0 Å². The first-order valence-electron chi connectivity index (χ1n) is 6.14. The Morgan fingerprint density at radius 2 is 1.86 bits per heavy atom. The number of alkyl halides is 3. The molecule has 0 atom stereocenters. The third kappa shape index (κ3) is 3.73. The van der Waals surface area contributed by atoms with Crippen LogP contribution in [0.3, 0.4) is 0 Å². The van der Waals surface area contributed by atoms with Gasteiger partial charge in [0.15, 0.2) is 0 Å². The molecular weight excluding hydrogens is 301 g/mol. The van der Waals surface area contributed by atoms with E-state index in [1.807, 2.05) is 6.07 Å². The summed E-state index contributed by atoms with van der Waals surface area (Å²) in [6.45, 7) is 0. The molecule has 0 heterocycles. The molecule has 7 heteroatoms. The van der Waals surface area contributed by atoms with E-state index in [1.165, 1.54) is 12.1 Å². The number of aliphatic hydroxyl groups is 1. The van der Waals surface area contributed by atoms with Crippen molar-refractivity contribution in [3.63, 3.8) is 0 Å². The fraction of sp³-hybridized carbons (Fsp3) is 0.286. The number of nitrogens with zero attached hydrogens (tertiary/aromatic N) is 1. The maximum atomic E-state index is 12.4. The van der Waals surface area contributed by atoms with Crippen molar-refractivity contribution in [2.75, 3.05) is 5.32 Å². The van der Waals surface area contributed by atoms with Crippen molar-refractivity contribution in [1.82, 2.24) is 0 Å². The normalized spacial score (nSPS) is 15.9. The minimum absolute atomic E-state index is 0.00154. The van der Waals surface area contributed by atoms with E-state index in [-0.39, 0.29) is 22.2 Å². The molecule has 1 aliphatic carbocycles. The molecule has 110 valence electrons. The summed E-state index contributed by atoms with van der Waals surface area (Å²) >= 11 is 5.01. The molecule has 0 aliphatic heterocycles. The molecule has 2 N–H and O–H groups in total. The predicted octanol–water partition coefficient (Wildman–Crippen LogP) is 4.19. The van der Waals surface area contributed by atoms with Gasteiger partial charge in [0.25, 0.3) is 0 Å². The highest BCUT2D eigenvalue weighted by atomic mass is 32.1. The lowest BCUT2D eigenvalue weighted by Gasteiger charge is -2.10. The number of hydrogen-bond donors (Lipinski definition) is 2. The summed E-state index contributed by atoms with van der Waals surface area (Å²) in [4.78, 5) is 0.00154. The largest absolute Gasteiger partial charge is 0.511 e. The van der Waals surface area contributed by atoms with Crippen LogP contribution in [0.15, 0.2) is 35.6 Å². The zero-order valence-corrected chi connectivity index (χ0v) is 11.6. The summed E-state index contributed by atoms with van der Waals surface area (Å²) in [7, 11) is 0.